The Labute approximate surface area is 150 Å². The van der Waals surface area contributed by atoms with Gasteiger partial charge in [0.2, 0.25) is 0 Å². The molecule has 1 aliphatic rings. The maximum absolute atomic E-state index is 10.5. The average molecular weight is 341 g/mol. The Morgan fingerprint density at radius 2 is 1.72 bits per heavy atom. The van der Waals surface area contributed by atoms with Gasteiger partial charge < -0.3 is 14.6 Å². The zero-order valence-corrected chi connectivity index (χ0v) is 15.0. The molecule has 1 fully saturated rings. The number of rotatable bonds is 9. The van der Waals surface area contributed by atoms with Gasteiger partial charge >= 0.3 is 0 Å². The molecule has 1 saturated carbocycles. The van der Waals surface area contributed by atoms with Crippen molar-refractivity contribution < 1.29 is 14.6 Å². The van der Waals surface area contributed by atoms with Crippen molar-refractivity contribution in [3.8, 4) is 11.5 Å². The molecule has 25 heavy (non-hydrogen) atoms. The molecule has 1 atom stereocenters. The number of aliphatic hydroxyl groups excluding tert-OH is 1. The number of benzene rings is 2. The summed E-state index contributed by atoms with van der Waals surface area (Å²) in [6, 6.07) is 16.8. The molecule has 2 aromatic rings. The molecule has 1 unspecified atom stereocenters. The van der Waals surface area contributed by atoms with Gasteiger partial charge in [0, 0.05) is 19.1 Å². The Balaban J connectivity index is 1.63. The smallest absolute Gasteiger partial charge is 0.161 e. The largest absolute Gasteiger partial charge is 0.493 e. The van der Waals surface area contributed by atoms with Crippen LogP contribution < -0.4 is 9.47 Å². The summed E-state index contributed by atoms with van der Waals surface area (Å²) in [5, 5.41) is 10.5. The van der Waals surface area contributed by atoms with Gasteiger partial charge in [0.1, 0.15) is 0 Å². The molecule has 4 nitrogen and oxygen atoms in total. The molecule has 1 aliphatic carbocycles. The zero-order chi connectivity index (χ0) is 17.6. The van der Waals surface area contributed by atoms with E-state index in [0.29, 0.717) is 19.0 Å². The summed E-state index contributed by atoms with van der Waals surface area (Å²) in [6.45, 7) is 1.50. The third-order valence-electron chi connectivity index (χ3n) is 4.66. The normalized spacial score (nSPS) is 15.2. The van der Waals surface area contributed by atoms with Crippen LogP contribution in [-0.4, -0.2) is 42.9 Å². The van der Waals surface area contributed by atoms with Crippen LogP contribution in [0.1, 0.15) is 24.0 Å². The highest BCUT2D eigenvalue weighted by molar-refractivity contribution is 5.42. The summed E-state index contributed by atoms with van der Waals surface area (Å²) in [5.74, 6) is 1.49. The fourth-order valence-corrected chi connectivity index (χ4v) is 3.22. The van der Waals surface area contributed by atoms with Crippen LogP contribution in [0.25, 0.3) is 0 Å². The van der Waals surface area contributed by atoms with E-state index in [1.807, 2.05) is 30.3 Å². The molecule has 0 radical (unpaired) electrons. The molecule has 134 valence electrons. The molecule has 0 amide bonds. The minimum absolute atomic E-state index is 0.358. The lowest BCUT2D eigenvalue weighted by Crippen LogP contribution is -2.34. The fraction of sp³-hybridized carbons (Fsp3) is 0.429. The van der Waals surface area contributed by atoms with Gasteiger partial charge in [-0.2, -0.15) is 0 Å². The number of nitrogens with zero attached hydrogens (tertiary/aromatic N) is 1. The van der Waals surface area contributed by atoms with Crippen molar-refractivity contribution in [3.63, 3.8) is 0 Å². The Morgan fingerprint density at radius 3 is 2.36 bits per heavy atom. The molecule has 1 N–H and O–H groups in total. The Morgan fingerprint density at radius 1 is 1.00 bits per heavy atom. The van der Waals surface area contributed by atoms with Crippen LogP contribution in [0.4, 0.5) is 0 Å². The highest BCUT2D eigenvalue weighted by atomic mass is 16.5. The second kappa shape index (κ2) is 8.37. The van der Waals surface area contributed by atoms with Crippen molar-refractivity contribution in [2.45, 2.75) is 38.0 Å². The second-order valence-corrected chi connectivity index (χ2v) is 6.69. The summed E-state index contributed by atoms with van der Waals surface area (Å²) in [5.41, 5.74) is 2.35. The monoisotopic (exact) mass is 341 g/mol. The molecular formula is C21H27NO3. The SMILES string of the molecule is COc1ccc(CN(CC(O)Cc2ccccc2)C2CC2)cc1OC. The van der Waals surface area contributed by atoms with Crippen LogP contribution in [0.5, 0.6) is 11.5 Å². The Bertz CT molecular complexity index is 670. The molecule has 0 spiro atoms. The number of hydrogen-bond donors (Lipinski definition) is 1. The van der Waals surface area contributed by atoms with E-state index in [9.17, 15) is 5.11 Å². The van der Waals surface area contributed by atoms with E-state index in [-0.39, 0.29) is 6.10 Å². The summed E-state index contributed by atoms with van der Waals surface area (Å²) in [6.07, 6.45) is 2.76. The van der Waals surface area contributed by atoms with Crippen LogP contribution in [0.15, 0.2) is 48.5 Å². The van der Waals surface area contributed by atoms with Gasteiger partial charge in [0.05, 0.1) is 20.3 Å². The van der Waals surface area contributed by atoms with Gasteiger partial charge in [0.25, 0.3) is 0 Å². The molecule has 0 heterocycles. The van der Waals surface area contributed by atoms with Gasteiger partial charge in [-0.3, -0.25) is 4.90 Å². The maximum atomic E-state index is 10.5. The van der Waals surface area contributed by atoms with E-state index >= 15 is 0 Å². The average Bonchev–Trinajstić information content (AvgIpc) is 3.47. The zero-order valence-electron chi connectivity index (χ0n) is 15.0. The Hall–Kier alpha value is -2.04. The van der Waals surface area contributed by atoms with Crippen molar-refractivity contribution >= 4 is 0 Å². The van der Waals surface area contributed by atoms with E-state index < -0.39 is 0 Å². The third-order valence-corrected chi connectivity index (χ3v) is 4.66. The Kier molecular flexibility index (Phi) is 5.95. The van der Waals surface area contributed by atoms with Gasteiger partial charge in [0.15, 0.2) is 11.5 Å². The van der Waals surface area contributed by atoms with E-state index in [2.05, 4.69) is 23.1 Å². The van der Waals surface area contributed by atoms with Gasteiger partial charge in [-0.15, -0.1) is 0 Å². The number of hydrogen-bond acceptors (Lipinski definition) is 4. The van der Waals surface area contributed by atoms with Gasteiger partial charge in [-0.05, 0) is 42.5 Å². The first-order chi connectivity index (χ1) is 12.2. The molecule has 0 aromatic heterocycles. The van der Waals surface area contributed by atoms with Crippen molar-refractivity contribution in [2.75, 3.05) is 20.8 Å². The van der Waals surface area contributed by atoms with Crippen LogP contribution >= 0.6 is 0 Å². The number of ether oxygens (including phenoxy) is 2. The molecule has 0 bridgehead atoms. The highest BCUT2D eigenvalue weighted by Gasteiger charge is 2.30. The summed E-state index contributed by atoms with van der Waals surface area (Å²) >= 11 is 0. The molecular weight excluding hydrogens is 314 g/mol. The van der Waals surface area contributed by atoms with Crippen LogP contribution in [0.3, 0.4) is 0 Å². The highest BCUT2D eigenvalue weighted by Crippen LogP contribution is 2.32. The quantitative estimate of drug-likeness (QED) is 0.760. The summed E-state index contributed by atoms with van der Waals surface area (Å²) in [4.78, 5) is 2.38. The minimum atomic E-state index is -0.358. The van der Waals surface area contributed by atoms with Crippen molar-refractivity contribution in [3.05, 3.63) is 59.7 Å². The number of methoxy groups -OCH3 is 2. The van der Waals surface area contributed by atoms with E-state index in [1.165, 1.54) is 24.0 Å². The maximum Gasteiger partial charge on any atom is 0.161 e. The predicted octanol–water partition coefficient (Wildman–Crippen LogP) is 3.27. The lowest BCUT2D eigenvalue weighted by Gasteiger charge is -2.25. The van der Waals surface area contributed by atoms with E-state index in [0.717, 1.165) is 18.0 Å². The van der Waals surface area contributed by atoms with Gasteiger partial charge in [-0.25, -0.2) is 0 Å². The first kappa shape index (κ1) is 17.8. The van der Waals surface area contributed by atoms with Crippen molar-refractivity contribution in [1.29, 1.82) is 0 Å². The third kappa shape index (κ3) is 4.97. The van der Waals surface area contributed by atoms with E-state index in [4.69, 9.17) is 9.47 Å². The summed E-state index contributed by atoms with van der Waals surface area (Å²) < 4.78 is 10.7. The molecule has 4 heteroatoms. The fourth-order valence-electron chi connectivity index (χ4n) is 3.22. The van der Waals surface area contributed by atoms with Gasteiger partial charge in [-0.1, -0.05) is 36.4 Å². The van der Waals surface area contributed by atoms with Crippen LogP contribution in [0, 0.1) is 0 Å². The lowest BCUT2D eigenvalue weighted by molar-refractivity contribution is 0.104. The predicted molar refractivity (Wildman–Crippen MR) is 99.1 cm³/mol. The first-order valence-corrected chi connectivity index (χ1v) is 8.86. The topological polar surface area (TPSA) is 41.9 Å². The first-order valence-electron chi connectivity index (χ1n) is 8.86. The lowest BCUT2D eigenvalue weighted by atomic mass is 10.1. The summed E-state index contributed by atoms with van der Waals surface area (Å²) in [7, 11) is 3.30. The molecule has 3 rings (SSSR count). The van der Waals surface area contributed by atoms with Crippen LogP contribution in [-0.2, 0) is 13.0 Å². The van der Waals surface area contributed by atoms with Crippen molar-refractivity contribution in [1.82, 2.24) is 4.90 Å². The van der Waals surface area contributed by atoms with Crippen molar-refractivity contribution in [2.24, 2.45) is 0 Å². The van der Waals surface area contributed by atoms with Crippen LogP contribution in [0.2, 0.25) is 0 Å². The minimum Gasteiger partial charge on any atom is -0.493 e. The second-order valence-electron chi connectivity index (χ2n) is 6.69. The molecule has 2 aromatic carbocycles. The molecule has 0 aliphatic heterocycles. The molecule has 0 saturated heterocycles. The van der Waals surface area contributed by atoms with E-state index in [1.54, 1.807) is 14.2 Å². The standard InChI is InChI=1S/C21H27NO3/c1-24-20-11-8-17(13-21(20)25-2)14-22(18-9-10-18)15-19(23)12-16-6-4-3-5-7-16/h3-8,11,13,18-19,23H,9-10,12,14-15H2,1-2H3. The number of aliphatic hydroxyl groups is 1.